The molecule has 5 heteroatoms. The minimum atomic E-state index is -0.0534. The van der Waals surface area contributed by atoms with E-state index in [1.807, 2.05) is 35.7 Å². The molecule has 4 nitrogen and oxygen atoms in total. The molecule has 0 saturated heterocycles. The maximum Gasteiger partial charge on any atom is 0.185 e. The second-order valence-electron chi connectivity index (χ2n) is 5.42. The van der Waals surface area contributed by atoms with E-state index in [2.05, 4.69) is 20.6 Å². The van der Waals surface area contributed by atoms with Gasteiger partial charge in [0.25, 0.3) is 0 Å². The lowest BCUT2D eigenvalue weighted by molar-refractivity contribution is 0.104. The summed E-state index contributed by atoms with van der Waals surface area (Å²) < 4.78 is 3.89. The van der Waals surface area contributed by atoms with Crippen LogP contribution in [-0.4, -0.2) is 20.4 Å². The van der Waals surface area contributed by atoms with Crippen molar-refractivity contribution in [1.82, 2.24) is 14.6 Å². The average Bonchev–Trinajstić information content (AvgIpc) is 3.21. The van der Waals surface area contributed by atoms with Gasteiger partial charge in [0.05, 0.1) is 11.2 Å². The number of fused-ring (bicyclic) bond motifs is 1. The number of benzene rings is 2. The van der Waals surface area contributed by atoms with Crippen LogP contribution in [0.5, 0.6) is 0 Å². The number of carbonyl (C=O) groups is 1. The third kappa shape index (κ3) is 3.36. The molecule has 119 valence electrons. The summed E-state index contributed by atoms with van der Waals surface area (Å²) in [5, 5.41) is 7.02. The highest BCUT2D eigenvalue weighted by Crippen LogP contribution is 2.23. The first-order valence-corrected chi connectivity index (χ1v) is 8.50. The van der Waals surface area contributed by atoms with Gasteiger partial charge in [-0.2, -0.15) is 0 Å². The van der Waals surface area contributed by atoms with Crippen LogP contribution in [0.25, 0.3) is 28.2 Å². The van der Waals surface area contributed by atoms with Gasteiger partial charge in [0.2, 0.25) is 0 Å². The Hall–Kier alpha value is -3.18. The molecule has 0 fully saturated rings. The fraction of sp³-hybridized carbons (Fsp3) is 0. The van der Waals surface area contributed by atoms with Crippen molar-refractivity contribution in [3.05, 3.63) is 83.4 Å². The summed E-state index contributed by atoms with van der Waals surface area (Å²) in [6.07, 6.45) is 3.27. The van der Waals surface area contributed by atoms with Gasteiger partial charge in [-0.15, -0.1) is 5.10 Å². The van der Waals surface area contributed by atoms with E-state index in [1.165, 1.54) is 11.5 Å². The summed E-state index contributed by atoms with van der Waals surface area (Å²) in [6, 6.07) is 19.7. The predicted octanol–water partition coefficient (Wildman–Crippen LogP) is 4.45. The molecular formula is C20H12N3OS. The number of rotatable bonds is 4. The van der Waals surface area contributed by atoms with Gasteiger partial charge >= 0.3 is 0 Å². The second-order valence-corrected chi connectivity index (χ2v) is 6.03. The topological polar surface area (TPSA) is 55.7 Å². The van der Waals surface area contributed by atoms with Crippen LogP contribution >= 0.6 is 11.5 Å². The van der Waals surface area contributed by atoms with E-state index in [0.717, 1.165) is 27.9 Å². The number of hydrogen-bond acceptors (Lipinski definition) is 5. The summed E-state index contributed by atoms with van der Waals surface area (Å²) in [5.74, 6) is -0.0534. The van der Waals surface area contributed by atoms with Crippen molar-refractivity contribution < 1.29 is 4.79 Å². The van der Waals surface area contributed by atoms with Gasteiger partial charge in [-0.1, -0.05) is 40.9 Å². The molecule has 2 aromatic carbocycles. The third-order valence-corrected chi connectivity index (χ3v) is 4.28. The van der Waals surface area contributed by atoms with Crippen LogP contribution in [0.4, 0.5) is 0 Å². The Labute approximate surface area is 148 Å². The molecule has 0 aliphatic carbocycles. The van der Waals surface area contributed by atoms with Crippen LogP contribution in [0.3, 0.4) is 0 Å². The van der Waals surface area contributed by atoms with Gasteiger partial charge in [-0.05, 0) is 47.9 Å². The number of allylic oxidation sites excluding steroid dienone is 1. The van der Waals surface area contributed by atoms with E-state index >= 15 is 0 Å². The molecule has 0 amide bonds. The first kappa shape index (κ1) is 15.4. The predicted molar refractivity (Wildman–Crippen MR) is 99.3 cm³/mol. The van der Waals surface area contributed by atoms with Crippen molar-refractivity contribution in [3.63, 3.8) is 0 Å². The van der Waals surface area contributed by atoms with E-state index in [0.29, 0.717) is 5.56 Å². The number of ketones is 1. The van der Waals surface area contributed by atoms with Gasteiger partial charge in [0, 0.05) is 21.9 Å². The number of carbonyl (C=O) groups excluding carboxylic acids is 1. The molecule has 0 aliphatic rings. The van der Waals surface area contributed by atoms with Crippen LogP contribution in [-0.2, 0) is 0 Å². The highest BCUT2D eigenvalue weighted by molar-refractivity contribution is 7.03. The van der Waals surface area contributed by atoms with E-state index in [1.54, 1.807) is 36.4 Å². The molecule has 4 aromatic rings. The van der Waals surface area contributed by atoms with Gasteiger partial charge in [-0.3, -0.25) is 4.79 Å². The average molecular weight is 342 g/mol. The molecule has 0 bridgehead atoms. The standard InChI is InChI=1S/C20H12N3OS/c24-20(14-4-2-1-3-5-14)11-9-17-8-6-15-12-16(7-10-18(15)21-17)19-13-25-23-22-19/h2-13H/b11-9+. The van der Waals surface area contributed by atoms with E-state index in [4.69, 9.17) is 0 Å². The van der Waals surface area contributed by atoms with Crippen LogP contribution in [0.1, 0.15) is 16.1 Å². The Morgan fingerprint density at radius 3 is 2.76 bits per heavy atom. The number of nitrogens with zero attached hydrogens (tertiary/aromatic N) is 3. The van der Waals surface area contributed by atoms with Gasteiger partial charge in [0.1, 0.15) is 5.69 Å². The van der Waals surface area contributed by atoms with E-state index < -0.39 is 0 Å². The molecule has 2 aromatic heterocycles. The lowest BCUT2D eigenvalue weighted by Crippen LogP contribution is -1.93. The molecular weight excluding hydrogens is 330 g/mol. The SMILES string of the molecule is O=C(/C=C/c1ccc2cc(-c3csnn3)ccc2n1)c1cc[c]cc1. The van der Waals surface area contributed by atoms with Crippen molar-refractivity contribution in [2.75, 3.05) is 0 Å². The molecule has 4 rings (SSSR count). The second kappa shape index (κ2) is 6.75. The summed E-state index contributed by atoms with van der Waals surface area (Å²) in [7, 11) is 0. The molecule has 0 saturated carbocycles. The zero-order valence-electron chi connectivity index (χ0n) is 13.1. The highest BCUT2D eigenvalue weighted by atomic mass is 32.1. The van der Waals surface area contributed by atoms with Crippen LogP contribution in [0.15, 0.2) is 66.1 Å². The first-order valence-electron chi connectivity index (χ1n) is 7.66. The molecule has 1 radical (unpaired) electrons. The Morgan fingerprint density at radius 1 is 1.08 bits per heavy atom. The number of pyridine rings is 1. The van der Waals surface area contributed by atoms with Crippen molar-refractivity contribution >= 4 is 34.3 Å². The fourth-order valence-corrected chi connectivity index (χ4v) is 2.96. The van der Waals surface area contributed by atoms with Crippen molar-refractivity contribution in [2.45, 2.75) is 0 Å². The van der Waals surface area contributed by atoms with Crippen LogP contribution < -0.4 is 0 Å². The smallest absolute Gasteiger partial charge is 0.185 e. The van der Waals surface area contributed by atoms with Crippen molar-refractivity contribution in [2.24, 2.45) is 0 Å². The zero-order chi connectivity index (χ0) is 17.1. The Balaban J connectivity index is 1.60. The zero-order valence-corrected chi connectivity index (χ0v) is 13.9. The highest BCUT2D eigenvalue weighted by Gasteiger charge is 2.04. The van der Waals surface area contributed by atoms with Gasteiger partial charge < -0.3 is 0 Å². The summed E-state index contributed by atoms with van der Waals surface area (Å²) in [5.41, 5.74) is 4.13. The van der Waals surface area contributed by atoms with Gasteiger partial charge in [-0.25, -0.2) is 4.98 Å². The van der Waals surface area contributed by atoms with Crippen molar-refractivity contribution in [1.29, 1.82) is 0 Å². The third-order valence-electron chi connectivity index (χ3n) is 3.77. The fourth-order valence-electron chi connectivity index (χ4n) is 2.49. The Kier molecular flexibility index (Phi) is 4.14. The van der Waals surface area contributed by atoms with Crippen LogP contribution in [0.2, 0.25) is 0 Å². The first-order chi connectivity index (χ1) is 12.3. The summed E-state index contributed by atoms with van der Waals surface area (Å²) >= 11 is 1.33. The lowest BCUT2D eigenvalue weighted by atomic mass is 10.1. The summed E-state index contributed by atoms with van der Waals surface area (Å²) in [6.45, 7) is 0. The minimum absolute atomic E-state index is 0.0534. The largest absolute Gasteiger partial charge is 0.289 e. The molecule has 0 aliphatic heterocycles. The van der Waals surface area contributed by atoms with Crippen molar-refractivity contribution in [3.8, 4) is 11.3 Å². The monoisotopic (exact) mass is 342 g/mol. The number of hydrogen-bond donors (Lipinski definition) is 0. The normalized spacial score (nSPS) is 11.2. The van der Waals surface area contributed by atoms with Crippen LogP contribution in [0, 0.1) is 6.07 Å². The summed E-state index contributed by atoms with van der Waals surface area (Å²) in [4.78, 5) is 16.7. The number of aromatic nitrogens is 3. The molecule has 0 unspecified atom stereocenters. The molecule has 25 heavy (non-hydrogen) atoms. The van der Waals surface area contributed by atoms with Gasteiger partial charge in [0.15, 0.2) is 5.78 Å². The Bertz CT molecular complexity index is 1060. The molecule has 0 atom stereocenters. The maximum atomic E-state index is 12.1. The molecule has 2 heterocycles. The Morgan fingerprint density at radius 2 is 1.96 bits per heavy atom. The van der Waals surface area contributed by atoms with E-state index in [-0.39, 0.29) is 5.78 Å². The molecule has 0 spiro atoms. The minimum Gasteiger partial charge on any atom is -0.289 e. The van der Waals surface area contributed by atoms with E-state index in [9.17, 15) is 4.79 Å². The lowest BCUT2D eigenvalue weighted by Gasteiger charge is -2.02. The molecule has 0 N–H and O–H groups in total. The maximum absolute atomic E-state index is 12.1. The quantitative estimate of drug-likeness (QED) is 0.406.